The van der Waals surface area contributed by atoms with Gasteiger partial charge in [-0.05, 0) is 75.0 Å². The summed E-state index contributed by atoms with van der Waals surface area (Å²) < 4.78 is 1.37. The van der Waals surface area contributed by atoms with Gasteiger partial charge in [-0.2, -0.15) is 0 Å². The molecule has 4 rings (SSSR count). The fourth-order valence-corrected chi connectivity index (χ4v) is 4.55. The van der Waals surface area contributed by atoms with Gasteiger partial charge in [0.1, 0.15) is 12.4 Å². The summed E-state index contributed by atoms with van der Waals surface area (Å²) in [5.41, 5.74) is 3.20. The van der Waals surface area contributed by atoms with Crippen LogP contribution < -0.4 is 10.9 Å². The van der Waals surface area contributed by atoms with Crippen molar-refractivity contribution in [3.05, 3.63) is 80.7 Å². The van der Waals surface area contributed by atoms with Gasteiger partial charge in [0, 0.05) is 40.0 Å². The Balaban J connectivity index is 1.86. The SMILES string of the molecule is CCN(C)Cc1cc(Cl)cc(-c2cnc3nc(-c4cccc(Cl)c4)n(CC(=O)NC(C)C)c(=O)c3c2)c1. The first-order chi connectivity index (χ1) is 17.6. The van der Waals surface area contributed by atoms with E-state index in [9.17, 15) is 9.59 Å². The maximum absolute atomic E-state index is 13.8. The summed E-state index contributed by atoms with van der Waals surface area (Å²) in [5.74, 6) is 0.0389. The molecule has 4 aromatic rings. The third kappa shape index (κ3) is 6.36. The van der Waals surface area contributed by atoms with Crippen molar-refractivity contribution < 1.29 is 4.79 Å². The second-order valence-electron chi connectivity index (χ2n) is 9.33. The average Bonchev–Trinajstić information content (AvgIpc) is 2.84. The molecular weight excluding hydrogens is 509 g/mol. The Hall–Kier alpha value is -3.26. The number of rotatable bonds is 8. The molecule has 0 saturated carbocycles. The van der Waals surface area contributed by atoms with E-state index in [1.165, 1.54) is 4.57 Å². The second-order valence-corrected chi connectivity index (χ2v) is 10.2. The third-order valence-corrected chi connectivity index (χ3v) is 6.38. The number of nitrogens with zero attached hydrogens (tertiary/aromatic N) is 4. The summed E-state index contributed by atoms with van der Waals surface area (Å²) in [5, 5.41) is 4.26. The first-order valence-electron chi connectivity index (χ1n) is 12.1. The maximum atomic E-state index is 13.8. The summed E-state index contributed by atoms with van der Waals surface area (Å²) in [6.45, 7) is 7.29. The van der Waals surface area contributed by atoms with Gasteiger partial charge in [-0.25, -0.2) is 9.97 Å². The number of benzene rings is 2. The van der Waals surface area contributed by atoms with Crippen LogP contribution in [0, 0.1) is 0 Å². The van der Waals surface area contributed by atoms with Crippen LogP contribution in [0.5, 0.6) is 0 Å². The van der Waals surface area contributed by atoms with Crippen molar-refractivity contribution in [2.45, 2.75) is 39.9 Å². The van der Waals surface area contributed by atoms with Crippen molar-refractivity contribution in [2.75, 3.05) is 13.6 Å². The third-order valence-electron chi connectivity index (χ3n) is 5.93. The van der Waals surface area contributed by atoms with E-state index in [0.29, 0.717) is 26.8 Å². The predicted molar refractivity (Wildman–Crippen MR) is 150 cm³/mol. The zero-order valence-corrected chi connectivity index (χ0v) is 22.8. The minimum Gasteiger partial charge on any atom is -0.352 e. The summed E-state index contributed by atoms with van der Waals surface area (Å²) >= 11 is 12.6. The lowest BCUT2D eigenvalue weighted by Gasteiger charge is -2.16. The highest BCUT2D eigenvalue weighted by molar-refractivity contribution is 6.31. The van der Waals surface area contributed by atoms with Crippen LogP contribution in [0.25, 0.3) is 33.5 Å². The summed E-state index contributed by atoms with van der Waals surface area (Å²) in [6.07, 6.45) is 1.69. The van der Waals surface area contributed by atoms with Crippen molar-refractivity contribution in [1.82, 2.24) is 24.8 Å². The number of amides is 1. The van der Waals surface area contributed by atoms with E-state index in [-0.39, 0.29) is 29.7 Å². The van der Waals surface area contributed by atoms with Crippen LogP contribution in [0.1, 0.15) is 26.3 Å². The Kier molecular flexibility index (Phi) is 8.27. The van der Waals surface area contributed by atoms with Gasteiger partial charge >= 0.3 is 0 Å². The Labute approximate surface area is 226 Å². The van der Waals surface area contributed by atoms with Crippen LogP contribution in [0.4, 0.5) is 0 Å². The highest BCUT2D eigenvalue weighted by Crippen LogP contribution is 2.28. The van der Waals surface area contributed by atoms with Crippen LogP contribution >= 0.6 is 23.2 Å². The van der Waals surface area contributed by atoms with Gasteiger partial charge in [-0.15, -0.1) is 0 Å². The van der Waals surface area contributed by atoms with Gasteiger partial charge in [0.2, 0.25) is 5.91 Å². The highest BCUT2D eigenvalue weighted by Gasteiger charge is 2.18. The number of carbonyl (C=O) groups is 1. The number of hydrogen-bond acceptors (Lipinski definition) is 5. The molecule has 0 aliphatic heterocycles. The number of fused-ring (bicyclic) bond motifs is 1. The maximum Gasteiger partial charge on any atom is 0.263 e. The van der Waals surface area contributed by atoms with E-state index in [1.807, 2.05) is 39.1 Å². The molecule has 37 heavy (non-hydrogen) atoms. The number of carbonyl (C=O) groups excluding carboxylic acids is 1. The number of pyridine rings is 1. The largest absolute Gasteiger partial charge is 0.352 e. The van der Waals surface area contributed by atoms with Crippen LogP contribution in [-0.2, 0) is 17.9 Å². The number of hydrogen-bond donors (Lipinski definition) is 1. The van der Waals surface area contributed by atoms with Crippen molar-refractivity contribution in [1.29, 1.82) is 0 Å². The molecule has 2 heterocycles. The van der Waals surface area contributed by atoms with Gasteiger partial charge < -0.3 is 10.2 Å². The molecule has 1 N–H and O–H groups in total. The predicted octanol–water partition coefficient (Wildman–Crippen LogP) is 5.41. The van der Waals surface area contributed by atoms with Crippen molar-refractivity contribution >= 4 is 40.1 Å². The highest BCUT2D eigenvalue weighted by atomic mass is 35.5. The Morgan fingerprint density at radius 3 is 2.51 bits per heavy atom. The van der Waals surface area contributed by atoms with E-state index in [4.69, 9.17) is 23.2 Å². The van der Waals surface area contributed by atoms with Gasteiger partial charge in [0.05, 0.1) is 5.39 Å². The van der Waals surface area contributed by atoms with Crippen LogP contribution in [0.2, 0.25) is 10.0 Å². The molecule has 0 unspecified atom stereocenters. The summed E-state index contributed by atoms with van der Waals surface area (Å²) in [4.78, 5) is 37.8. The molecule has 2 aromatic carbocycles. The minimum atomic E-state index is -0.360. The zero-order valence-electron chi connectivity index (χ0n) is 21.3. The van der Waals surface area contributed by atoms with Crippen LogP contribution in [-0.4, -0.2) is 45.0 Å². The van der Waals surface area contributed by atoms with E-state index in [0.717, 1.165) is 29.8 Å². The molecule has 0 saturated heterocycles. The number of halogens is 2. The van der Waals surface area contributed by atoms with Crippen LogP contribution in [0.3, 0.4) is 0 Å². The van der Waals surface area contributed by atoms with E-state index in [2.05, 4.69) is 27.1 Å². The molecule has 0 aliphatic rings. The molecule has 0 atom stereocenters. The second kappa shape index (κ2) is 11.4. The van der Waals surface area contributed by atoms with Crippen molar-refractivity contribution in [3.63, 3.8) is 0 Å². The Morgan fingerprint density at radius 1 is 1.05 bits per heavy atom. The molecule has 0 radical (unpaired) electrons. The lowest BCUT2D eigenvalue weighted by molar-refractivity contribution is -0.122. The molecule has 0 spiro atoms. The summed E-state index contributed by atoms with van der Waals surface area (Å²) in [7, 11) is 2.04. The van der Waals surface area contributed by atoms with Crippen LogP contribution in [0.15, 0.2) is 59.5 Å². The Morgan fingerprint density at radius 2 is 1.81 bits per heavy atom. The van der Waals surface area contributed by atoms with Gasteiger partial charge in [0.25, 0.3) is 5.56 Å². The fourth-order valence-electron chi connectivity index (χ4n) is 4.10. The average molecular weight is 538 g/mol. The molecule has 7 nitrogen and oxygen atoms in total. The normalized spacial score (nSPS) is 11.5. The summed E-state index contributed by atoms with van der Waals surface area (Å²) in [6, 6.07) is 14.5. The first kappa shape index (κ1) is 26.8. The smallest absolute Gasteiger partial charge is 0.263 e. The molecule has 192 valence electrons. The number of nitrogens with one attached hydrogen (secondary N) is 1. The van der Waals surface area contributed by atoms with Crippen molar-refractivity contribution in [2.24, 2.45) is 0 Å². The van der Waals surface area contributed by atoms with E-state index < -0.39 is 0 Å². The molecule has 0 fully saturated rings. The topological polar surface area (TPSA) is 80.1 Å². The van der Waals surface area contributed by atoms with Gasteiger partial charge in [-0.1, -0.05) is 42.3 Å². The number of aromatic nitrogens is 3. The first-order valence-corrected chi connectivity index (χ1v) is 12.8. The molecule has 0 bridgehead atoms. The minimum absolute atomic E-state index is 0.0664. The Bertz CT molecular complexity index is 1520. The van der Waals surface area contributed by atoms with E-state index in [1.54, 1.807) is 36.5 Å². The van der Waals surface area contributed by atoms with Gasteiger partial charge in [0.15, 0.2) is 5.65 Å². The lowest BCUT2D eigenvalue weighted by Crippen LogP contribution is -2.37. The fraction of sp³-hybridized carbons (Fsp3) is 0.286. The quantitative estimate of drug-likeness (QED) is 0.325. The monoisotopic (exact) mass is 537 g/mol. The molecule has 2 aromatic heterocycles. The molecule has 0 aliphatic carbocycles. The van der Waals surface area contributed by atoms with Gasteiger partial charge in [-0.3, -0.25) is 14.2 Å². The molecular formula is C28H29Cl2N5O2. The lowest BCUT2D eigenvalue weighted by atomic mass is 10.0. The molecule has 9 heteroatoms. The zero-order chi connectivity index (χ0) is 26.7. The van der Waals surface area contributed by atoms with Crippen molar-refractivity contribution in [3.8, 4) is 22.5 Å². The standard InChI is InChI=1S/C28H29Cl2N5O2/c1-5-34(4)15-18-9-20(12-23(30)10-18)21-13-24-26(31-14-21)33-27(19-7-6-8-22(29)11-19)35(28(24)37)16-25(36)32-17(2)3/h6-14,17H,5,15-16H2,1-4H3,(H,32,36). The molecule has 1 amide bonds. The van der Waals surface area contributed by atoms with E-state index >= 15 is 0 Å².